The van der Waals surface area contributed by atoms with Gasteiger partial charge in [-0.2, -0.15) is 0 Å². The highest BCUT2D eigenvalue weighted by Gasteiger charge is 2.02. The van der Waals surface area contributed by atoms with Crippen molar-refractivity contribution in [2.75, 3.05) is 0 Å². The summed E-state index contributed by atoms with van der Waals surface area (Å²) in [6.45, 7) is 0. The van der Waals surface area contributed by atoms with Crippen LogP contribution in [0.3, 0.4) is 0 Å². The Morgan fingerprint density at radius 3 is 2.44 bits per heavy atom. The smallest absolute Gasteiger partial charge is 0.335 e. The maximum atomic E-state index is 10.7. The first kappa shape index (κ1) is 10.4. The molecule has 0 saturated heterocycles. The van der Waals surface area contributed by atoms with E-state index in [4.69, 9.17) is 5.11 Å². The minimum absolute atomic E-state index is 0.310. The van der Waals surface area contributed by atoms with Crippen molar-refractivity contribution in [1.82, 2.24) is 4.98 Å². The lowest BCUT2D eigenvalue weighted by atomic mass is 10.1. The fraction of sp³-hybridized carbons (Fsp3) is 0.0769. The number of hydrogen-bond acceptors (Lipinski definition) is 2. The van der Waals surface area contributed by atoms with Crippen LogP contribution in [0.15, 0.2) is 48.7 Å². The summed E-state index contributed by atoms with van der Waals surface area (Å²) >= 11 is 0. The van der Waals surface area contributed by atoms with E-state index in [1.165, 1.54) is 0 Å². The van der Waals surface area contributed by atoms with E-state index in [0.29, 0.717) is 5.56 Å². The van der Waals surface area contributed by atoms with E-state index in [1.807, 2.05) is 30.3 Å². The van der Waals surface area contributed by atoms with Crippen molar-refractivity contribution < 1.29 is 9.90 Å². The number of hydrogen-bond donors (Lipinski definition) is 1. The lowest BCUT2D eigenvalue weighted by Crippen LogP contribution is -1.97. The number of pyridine rings is 1. The van der Waals surface area contributed by atoms with Crippen molar-refractivity contribution >= 4 is 5.97 Å². The molecule has 2 rings (SSSR count). The molecule has 0 spiro atoms. The molecule has 0 bridgehead atoms. The summed E-state index contributed by atoms with van der Waals surface area (Å²) in [6.07, 6.45) is 2.47. The van der Waals surface area contributed by atoms with E-state index in [-0.39, 0.29) is 0 Å². The topological polar surface area (TPSA) is 50.2 Å². The Morgan fingerprint density at radius 1 is 1.12 bits per heavy atom. The molecule has 0 aliphatic rings. The van der Waals surface area contributed by atoms with Crippen molar-refractivity contribution in [3.8, 4) is 0 Å². The first-order valence-electron chi connectivity index (χ1n) is 4.98. The average molecular weight is 213 g/mol. The van der Waals surface area contributed by atoms with Gasteiger partial charge in [0.15, 0.2) is 0 Å². The van der Waals surface area contributed by atoms with Gasteiger partial charge in [0.25, 0.3) is 0 Å². The van der Waals surface area contributed by atoms with Gasteiger partial charge < -0.3 is 5.11 Å². The van der Waals surface area contributed by atoms with Gasteiger partial charge in [-0.3, -0.25) is 4.98 Å². The van der Waals surface area contributed by atoms with Crippen molar-refractivity contribution in [2.24, 2.45) is 0 Å². The van der Waals surface area contributed by atoms with Gasteiger partial charge in [-0.1, -0.05) is 18.2 Å². The SMILES string of the molecule is O=C(O)c1ccc(Cc2ccccn2)cc1. The molecule has 0 atom stereocenters. The second kappa shape index (κ2) is 4.57. The Morgan fingerprint density at radius 2 is 1.88 bits per heavy atom. The monoisotopic (exact) mass is 213 g/mol. The summed E-state index contributed by atoms with van der Waals surface area (Å²) in [5, 5.41) is 8.75. The molecule has 3 heteroatoms. The summed E-state index contributed by atoms with van der Waals surface area (Å²) in [7, 11) is 0. The predicted molar refractivity (Wildman–Crippen MR) is 60.4 cm³/mol. The maximum Gasteiger partial charge on any atom is 0.335 e. The Balaban J connectivity index is 2.14. The Labute approximate surface area is 93.4 Å². The average Bonchev–Trinajstić information content (AvgIpc) is 2.31. The number of rotatable bonds is 3. The lowest BCUT2D eigenvalue weighted by molar-refractivity contribution is 0.0697. The van der Waals surface area contributed by atoms with Gasteiger partial charge in [-0.05, 0) is 29.8 Å². The fourth-order valence-electron chi connectivity index (χ4n) is 1.48. The Bertz CT molecular complexity index is 477. The number of aromatic nitrogens is 1. The summed E-state index contributed by atoms with van der Waals surface area (Å²) in [5.74, 6) is -0.899. The second-order valence-electron chi connectivity index (χ2n) is 3.50. The summed E-state index contributed by atoms with van der Waals surface area (Å²) in [6, 6.07) is 12.6. The standard InChI is InChI=1S/C13H11NO2/c15-13(16)11-6-4-10(5-7-11)9-12-3-1-2-8-14-12/h1-8H,9H2,(H,15,16). The molecule has 1 heterocycles. The van der Waals surface area contributed by atoms with Crippen LogP contribution in [0.25, 0.3) is 0 Å². The zero-order valence-electron chi connectivity index (χ0n) is 8.63. The van der Waals surface area contributed by atoms with E-state index in [2.05, 4.69) is 4.98 Å². The molecule has 80 valence electrons. The molecule has 1 N–H and O–H groups in total. The highest BCUT2D eigenvalue weighted by atomic mass is 16.4. The highest BCUT2D eigenvalue weighted by molar-refractivity contribution is 5.87. The summed E-state index contributed by atoms with van der Waals surface area (Å²) in [5.41, 5.74) is 2.35. The van der Waals surface area contributed by atoms with Crippen molar-refractivity contribution in [3.05, 3.63) is 65.5 Å². The van der Waals surface area contributed by atoms with Crippen LogP contribution in [-0.2, 0) is 6.42 Å². The van der Waals surface area contributed by atoms with Gasteiger partial charge >= 0.3 is 5.97 Å². The Hall–Kier alpha value is -2.16. The minimum atomic E-state index is -0.899. The molecular weight excluding hydrogens is 202 g/mol. The zero-order chi connectivity index (χ0) is 11.4. The maximum absolute atomic E-state index is 10.7. The van der Waals surface area contributed by atoms with Crippen molar-refractivity contribution in [3.63, 3.8) is 0 Å². The van der Waals surface area contributed by atoms with Crippen LogP contribution < -0.4 is 0 Å². The molecule has 0 fully saturated rings. The number of carboxylic acid groups (broad SMARTS) is 1. The first-order valence-corrected chi connectivity index (χ1v) is 4.98. The van der Waals surface area contributed by atoms with Gasteiger partial charge in [0.05, 0.1) is 5.56 Å². The first-order chi connectivity index (χ1) is 7.75. The quantitative estimate of drug-likeness (QED) is 0.851. The summed E-state index contributed by atoms with van der Waals surface area (Å²) < 4.78 is 0. The molecule has 0 unspecified atom stereocenters. The normalized spacial score (nSPS) is 10.0. The van der Waals surface area contributed by atoms with Crippen LogP contribution in [0.2, 0.25) is 0 Å². The van der Waals surface area contributed by atoms with Crippen LogP contribution >= 0.6 is 0 Å². The molecule has 16 heavy (non-hydrogen) atoms. The summed E-state index contributed by atoms with van der Waals surface area (Å²) in [4.78, 5) is 14.9. The molecule has 1 aromatic carbocycles. The van der Waals surface area contributed by atoms with Gasteiger partial charge in [-0.25, -0.2) is 4.79 Å². The fourth-order valence-corrected chi connectivity index (χ4v) is 1.48. The number of benzene rings is 1. The van der Waals surface area contributed by atoms with E-state index < -0.39 is 5.97 Å². The molecule has 0 aliphatic carbocycles. The molecule has 3 nitrogen and oxygen atoms in total. The largest absolute Gasteiger partial charge is 0.478 e. The van der Waals surface area contributed by atoms with E-state index in [9.17, 15) is 4.79 Å². The number of aromatic carboxylic acids is 1. The van der Waals surface area contributed by atoms with Gasteiger partial charge in [-0.15, -0.1) is 0 Å². The van der Waals surface area contributed by atoms with Crippen LogP contribution in [0.4, 0.5) is 0 Å². The number of carbonyl (C=O) groups is 1. The highest BCUT2D eigenvalue weighted by Crippen LogP contribution is 2.08. The van der Waals surface area contributed by atoms with E-state index >= 15 is 0 Å². The van der Waals surface area contributed by atoms with Crippen molar-refractivity contribution in [1.29, 1.82) is 0 Å². The molecular formula is C13H11NO2. The predicted octanol–water partition coefficient (Wildman–Crippen LogP) is 2.37. The number of nitrogens with zero attached hydrogens (tertiary/aromatic N) is 1. The molecule has 0 amide bonds. The zero-order valence-corrected chi connectivity index (χ0v) is 8.63. The van der Waals surface area contributed by atoms with Crippen LogP contribution in [-0.4, -0.2) is 16.1 Å². The molecule has 0 saturated carbocycles. The lowest BCUT2D eigenvalue weighted by Gasteiger charge is -2.01. The third-order valence-corrected chi connectivity index (χ3v) is 2.31. The van der Waals surface area contributed by atoms with E-state index in [0.717, 1.165) is 17.7 Å². The van der Waals surface area contributed by atoms with Crippen LogP contribution in [0, 0.1) is 0 Å². The van der Waals surface area contributed by atoms with Gasteiger partial charge in [0, 0.05) is 18.3 Å². The number of carboxylic acids is 1. The molecule has 0 radical (unpaired) electrons. The third-order valence-electron chi connectivity index (χ3n) is 2.31. The molecule has 0 aliphatic heterocycles. The molecule has 2 aromatic rings. The Kier molecular flexibility index (Phi) is 2.96. The van der Waals surface area contributed by atoms with Crippen LogP contribution in [0.1, 0.15) is 21.6 Å². The third kappa shape index (κ3) is 2.45. The van der Waals surface area contributed by atoms with Gasteiger partial charge in [0.2, 0.25) is 0 Å². The van der Waals surface area contributed by atoms with Crippen LogP contribution in [0.5, 0.6) is 0 Å². The van der Waals surface area contributed by atoms with Crippen molar-refractivity contribution in [2.45, 2.75) is 6.42 Å². The van der Waals surface area contributed by atoms with Gasteiger partial charge in [0.1, 0.15) is 0 Å². The minimum Gasteiger partial charge on any atom is -0.478 e. The second-order valence-corrected chi connectivity index (χ2v) is 3.50. The molecule has 1 aromatic heterocycles. The van der Waals surface area contributed by atoms with E-state index in [1.54, 1.807) is 18.3 Å².